The predicted molar refractivity (Wildman–Crippen MR) is 89.9 cm³/mol. The van der Waals surface area contributed by atoms with Crippen molar-refractivity contribution in [1.82, 2.24) is 5.32 Å². The van der Waals surface area contributed by atoms with Gasteiger partial charge in [-0.2, -0.15) is 13.2 Å². The molecule has 7 heteroatoms. The van der Waals surface area contributed by atoms with Crippen molar-refractivity contribution in [2.24, 2.45) is 16.6 Å². The maximum Gasteiger partial charge on any atom is 0.416 e. The highest BCUT2D eigenvalue weighted by molar-refractivity contribution is 5.98. The lowest BCUT2D eigenvalue weighted by Gasteiger charge is -2.27. The van der Waals surface area contributed by atoms with Gasteiger partial charge in [0, 0.05) is 18.2 Å². The monoisotopic (exact) mass is 353 g/mol. The molecule has 136 valence electrons. The minimum Gasteiger partial charge on any atom is -0.350 e. The Hall–Kier alpha value is -1.89. The molecule has 3 N–H and O–H groups in total. The van der Waals surface area contributed by atoms with Gasteiger partial charge >= 0.3 is 6.18 Å². The van der Waals surface area contributed by atoms with Gasteiger partial charge in [0.25, 0.3) is 0 Å². The summed E-state index contributed by atoms with van der Waals surface area (Å²) in [6.07, 6.45) is -0.685. The summed E-state index contributed by atoms with van der Waals surface area (Å²) in [4.78, 5) is 16.6. The molecule has 0 saturated heterocycles. The van der Waals surface area contributed by atoms with Crippen LogP contribution in [0.5, 0.6) is 0 Å². The van der Waals surface area contributed by atoms with Crippen LogP contribution in [0, 0.1) is 12.8 Å². The van der Waals surface area contributed by atoms with E-state index in [-0.39, 0.29) is 36.4 Å². The van der Waals surface area contributed by atoms with Crippen molar-refractivity contribution in [3.63, 3.8) is 0 Å². The van der Waals surface area contributed by atoms with Crippen LogP contribution in [0.4, 0.5) is 18.9 Å². The van der Waals surface area contributed by atoms with Crippen LogP contribution in [-0.2, 0) is 17.4 Å². The van der Waals surface area contributed by atoms with E-state index in [1.54, 1.807) is 13.0 Å². The van der Waals surface area contributed by atoms with Crippen molar-refractivity contribution in [3.8, 4) is 0 Å². The third-order valence-corrected chi connectivity index (χ3v) is 4.96. The Morgan fingerprint density at radius 3 is 2.72 bits per heavy atom. The van der Waals surface area contributed by atoms with E-state index in [2.05, 4.69) is 10.3 Å². The van der Waals surface area contributed by atoms with Gasteiger partial charge in [0.05, 0.1) is 23.7 Å². The molecule has 1 heterocycles. The lowest BCUT2D eigenvalue weighted by Crippen LogP contribution is -2.44. The summed E-state index contributed by atoms with van der Waals surface area (Å²) in [6, 6.07) is 2.66. The molecular weight excluding hydrogens is 331 g/mol. The summed E-state index contributed by atoms with van der Waals surface area (Å²) in [6.45, 7) is 1.78. The van der Waals surface area contributed by atoms with E-state index < -0.39 is 11.7 Å². The largest absolute Gasteiger partial charge is 0.416 e. The molecule has 1 aliphatic carbocycles. The van der Waals surface area contributed by atoms with E-state index in [0.29, 0.717) is 17.0 Å². The quantitative estimate of drug-likeness (QED) is 0.876. The number of halogens is 3. The Bertz CT molecular complexity index is 712. The summed E-state index contributed by atoms with van der Waals surface area (Å²) >= 11 is 0. The Kier molecular flexibility index (Phi) is 4.86. The maximum absolute atomic E-state index is 13.2. The summed E-state index contributed by atoms with van der Waals surface area (Å²) in [7, 11) is 0. The van der Waals surface area contributed by atoms with Gasteiger partial charge in [-0.15, -0.1) is 0 Å². The van der Waals surface area contributed by atoms with Crippen LogP contribution in [0.3, 0.4) is 0 Å². The predicted octanol–water partition coefficient (Wildman–Crippen LogP) is 3.28. The minimum absolute atomic E-state index is 0.113. The number of alkyl halides is 3. The van der Waals surface area contributed by atoms with Crippen molar-refractivity contribution in [2.75, 3.05) is 6.54 Å². The van der Waals surface area contributed by atoms with Crippen molar-refractivity contribution >= 4 is 17.3 Å². The fourth-order valence-corrected chi connectivity index (χ4v) is 3.66. The van der Waals surface area contributed by atoms with Crippen molar-refractivity contribution in [1.29, 1.82) is 0 Å². The number of aryl methyl sites for hydroxylation is 1. The molecule has 0 aromatic heterocycles. The van der Waals surface area contributed by atoms with Crippen molar-refractivity contribution in [2.45, 2.75) is 51.2 Å². The summed E-state index contributed by atoms with van der Waals surface area (Å²) in [5, 5.41) is 2.80. The Balaban J connectivity index is 1.68. The molecule has 1 fully saturated rings. The highest BCUT2D eigenvalue weighted by Crippen LogP contribution is 2.40. The number of hydrogen-bond donors (Lipinski definition) is 2. The SMILES string of the molecule is Cc1cc2c(c(C(F)(F)F)c1)CC(CNC(=O)[C@H]1CCCC[C@H]1N)=N2. The molecular formula is C18H22F3N3O. The number of hydrogen-bond acceptors (Lipinski definition) is 3. The van der Waals surface area contributed by atoms with Crippen LogP contribution in [0.25, 0.3) is 0 Å². The molecule has 1 aromatic rings. The first-order valence-corrected chi connectivity index (χ1v) is 8.56. The Labute approximate surface area is 144 Å². The first kappa shape index (κ1) is 17.9. The summed E-state index contributed by atoms with van der Waals surface area (Å²) < 4.78 is 39.6. The van der Waals surface area contributed by atoms with Gasteiger partial charge in [-0.25, -0.2) is 0 Å². The maximum atomic E-state index is 13.2. The summed E-state index contributed by atoms with van der Waals surface area (Å²) in [5.41, 5.74) is 6.97. The molecule has 0 spiro atoms. The van der Waals surface area contributed by atoms with Gasteiger partial charge in [0.2, 0.25) is 5.91 Å². The number of rotatable bonds is 3. The van der Waals surface area contributed by atoms with Crippen LogP contribution >= 0.6 is 0 Å². The second-order valence-electron chi connectivity index (χ2n) is 6.94. The molecule has 1 amide bonds. The van der Waals surface area contributed by atoms with Gasteiger partial charge in [0.15, 0.2) is 0 Å². The number of nitrogens with zero attached hydrogens (tertiary/aromatic N) is 1. The molecule has 0 bridgehead atoms. The highest BCUT2D eigenvalue weighted by atomic mass is 19.4. The van der Waals surface area contributed by atoms with E-state index >= 15 is 0 Å². The molecule has 0 unspecified atom stereocenters. The second-order valence-corrected chi connectivity index (χ2v) is 6.94. The third-order valence-electron chi connectivity index (χ3n) is 4.96. The number of nitrogens with one attached hydrogen (secondary N) is 1. The van der Waals surface area contributed by atoms with Crippen LogP contribution in [0.2, 0.25) is 0 Å². The standard InChI is InChI=1S/C18H22F3N3O/c1-10-6-14(18(19,20)21)13-8-11(24-16(13)7-10)9-23-17(25)12-4-2-3-5-15(12)22/h6-7,12,15H,2-5,8-9,22H2,1H3,(H,23,25)/t12-,15+/m0/s1. The van der Waals surface area contributed by atoms with E-state index in [1.807, 2.05) is 0 Å². The van der Waals surface area contributed by atoms with E-state index in [0.717, 1.165) is 31.7 Å². The third kappa shape index (κ3) is 3.86. The molecule has 0 radical (unpaired) electrons. The zero-order valence-electron chi connectivity index (χ0n) is 14.1. The average Bonchev–Trinajstić information content (AvgIpc) is 2.93. The van der Waals surface area contributed by atoms with Crippen LogP contribution in [0.15, 0.2) is 17.1 Å². The second kappa shape index (κ2) is 6.78. The fraction of sp³-hybridized carbons (Fsp3) is 0.556. The number of nitrogens with two attached hydrogens (primary N) is 1. The number of benzene rings is 1. The first-order chi connectivity index (χ1) is 11.8. The molecule has 25 heavy (non-hydrogen) atoms. The van der Waals surface area contributed by atoms with E-state index in [9.17, 15) is 18.0 Å². The van der Waals surface area contributed by atoms with Crippen molar-refractivity contribution < 1.29 is 18.0 Å². The number of carbonyl (C=O) groups is 1. The number of fused-ring (bicyclic) bond motifs is 1. The number of aliphatic imine (C=N–C) groups is 1. The number of amides is 1. The zero-order chi connectivity index (χ0) is 18.2. The smallest absolute Gasteiger partial charge is 0.350 e. The van der Waals surface area contributed by atoms with Gasteiger partial charge in [-0.1, -0.05) is 12.8 Å². The first-order valence-electron chi connectivity index (χ1n) is 8.56. The molecule has 4 nitrogen and oxygen atoms in total. The molecule has 1 saturated carbocycles. The van der Waals surface area contributed by atoms with E-state index in [1.165, 1.54) is 0 Å². The minimum atomic E-state index is -4.40. The van der Waals surface area contributed by atoms with Gasteiger partial charge in [-0.05, 0) is 43.0 Å². The molecule has 1 aromatic carbocycles. The fourth-order valence-electron chi connectivity index (χ4n) is 3.66. The molecule has 3 rings (SSSR count). The molecule has 2 atom stereocenters. The molecule has 2 aliphatic rings. The number of carbonyl (C=O) groups excluding carboxylic acids is 1. The topological polar surface area (TPSA) is 67.5 Å². The summed E-state index contributed by atoms with van der Waals surface area (Å²) in [5.74, 6) is -0.343. The van der Waals surface area contributed by atoms with Crippen LogP contribution in [0.1, 0.15) is 42.4 Å². The average molecular weight is 353 g/mol. The van der Waals surface area contributed by atoms with Gasteiger partial charge < -0.3 is 11.1 Å². The lowest BCUT2D eigenvalue weighted by molar-refractivity contribution is -0.138. The molecule has 1 aliphatic heterocycles. The van der Waals surface area contributed by atoms with Gasteiger partial charge in [0.1, 0.15) is 0 Å². The van der Waals surface area contributed by atoms with Crippen LogP contribution in [-0.4, -0.2) is 24.2 Å². The van der Waals surface area contributed by atoms with Crippen LogP contribution < -0.4 is 11.1 Å². The van der Waals surface area contributed by atoms with Crippen molar-refractivity contribution in [3.05, 3.63) is 28.8 Å². The van der Waals surface area contributed by atoms with Gasteiger partial charge in [-0.3, -0.25) is 9.79 Å². The lowest BCUT2D eigenvalue weighted by atomic mass is 9.84. The normalized spacial score (nSPS) is 23.2. The van der Waals surface area contributed by atoms with E-state index in [4.69, 9.17) is 5.73 Å². The Morgan fingerprint density at radius 2 is 2.04 bits per heavy atom. The Morgan fingerprint density at radius 1 is 1.32 bits per heavy atom. The zero-order valence-corrected chi connectivity index (χ0v) is 14.1. The highest BCUT2D eigenvalue weighted by Gasteiger charge is 2.36.